The van der Waals surface area contributed by atoms with Gasteiger partial charge in [-0.25, -0.2) is 9.18 Å². The van der Waals surface area contributed by atoms with Crippen molar-refractivity contribution in [2.24, 2.45) is 5.41 Å². The van der Waals surface area contributed by atoms with Crippen LogP contribution >= 0.6 is 15.9 Å². The van der Waals surface area contributed by atoms with Crippen LogP contribution in [0.3, 0.4) is 0 Å². The largest absolute Gasteiger partial charge is 0.493 e. The number of hydrogen-bond acceptors (Lipinski definition) is 5. The number of ether oxygens (including phenoxy) is 2. The topological polar surface area (TPSA) is 95.0 Å². The van der Waals surface area contributed by atoms with Gasteiger partial charge in [-0.15, -0.1) is 0 Å². The third-order valence-electron chi connectivity index (χ3n) is 7.50. The van der Waals surface area contributed by atoms with Crippen LogP contribution in [0.25, 0.3) is 10.9 Å². The van der Waals surface area contributed by atoms with Crippen LogP contribution in [0.5, 0.6) is 11.5 Å². The van der Waals surface area contributed by atoms with E-state index < -0.39 is 23.4 Å². The highest BCUT2D eigenvalue weighted by atomic mass is 79.9. The van der Waals surface area contributed by atoms with Crippen molar-refractivity contribution in [3.63, 3.8) is 0 Å². The number of nitrogens with zero attached hydrogens (tertiary/aromatic N) is 1. The molecule has 2 heterocycles. The van der Waals surface area contributed by atoms with Crippen LogP contribution < -0.4 is 9.47 Å². The number of carbonyl (C=O) groups is 1. The van der Waals surface area contributed by atoms with Gasteiger partial charge in [-0.1, -0.05) is 35.0 Å². The molecule has 5 rings (SSSR count). The van der Waals surface area contributed by atoms with Crippen molar-refractivity contribution in [3.8, 4) is 11.5 Å². The molecule has 1 amide bonds. The molecule has 9 heteroatoms. The van der Waals surface area contributed by atoms with Gasteiger partial charge in [0.25, 0.3) is 0 Å². The number of benzene rings is 3. The van der Waals surface area contributed by atoms with Crippen molar-refractivity contribution in [3.05, 3.63) is 93.8 Å². The Bertz CT molecular complexity index is 1440. The molecule has 7 nitrogen and oxygen atoms in total. The Balaban J connectivity index is 1.47. The summed E-state index contributed by atoms with van der Waals surface area (Å²) >= 11 is 3.56. The molecule has 1 aliphatic heterocycles. The van der Waals surface area contributed by atoms with Crippen molar-refractivity contribution in [2.75, 3.05) is 26.4 Å². The zero-order chi connectivity index (χ0) is 27.6. The summed E-state index contributed by atoms with van der Waals surface area (Å²) in [6, 6.07) is 18.4. The van der Waals surface area contributed by atoms with Crippen molar-refractivity contribution < 1.29 is 28.9 Å². The summed E-state index contributed by atoms with van der Waals surface area (Å²) in [7, 11) is 0. The number of halogens is 2. The minimum Gasteiger partial charge on any atom is -0.493 e. The Hall–Kier alpha value is -3.40. The molecule has 39 heavy (non-hydrogen) atoms. The molecule has 4 aromatic rings. The van der Waals surface area contributed by atoms with Gasteiger partial charge in [0.1, 0.15) is 23.4 Å². The highest BCUT2D eigenvalue weighted by molar-refractivity contribution is 9.10. The van der Waals surface area contributed by atoms with Crippen LogP contribution in [0.2, 0.25) is 0 Å². The number of carbonyl (C=O) groups excluding carboxylic acids is 1. The maximum Gasteiger partial charge on any atom is 0.416 e. The minimum absolute atomic E-state index is 0.176. The highest BCUT2D eigenvalue weighted by Crippen LogP contribution is 2.40. The Kier molecular flexibility index (Phi) is 7.93. The molecule has 0 spiro atoms. The quantitative estimate of drug-likeness (QED) is 0.233. The Morgan fingerprint density at radius 3 is 2.44 bits per heavy atom. The van der Waals surface area contributed by atoms with E-state index >= 15 is 0 Å². The first kappa shape index (κ1) is 27.2. The number of aromatic amines is 1. The van der Waals surface area contributed by atoms with Crippen LogP contribution in [0.1, 0.15) is 36.2 Å². The second kappa shape index (κ2) is 11.4. The molecule has 0 bridgehead atoms. The molecule has 3 aromatic carbocycles. The Morgan fingerprint density at radius 1 is 1.08 bits per heavy atom. The molecule has 3 N–H and O–H groups in total. The van der Waals surface area contributed by atoms with Crippen LogP contribution in [0, 0.1) is 11.2 Å². The smallest absolute Gasteiger partial charge is 0.416 e. The fraction of sp³-hybridized carbons (Fsp3) is 0.300. The molecule has 1 atom stereocenters. The number of rotatable bonds is 8. The SMILES string of the molecule is CCC(CO)(CO)COc1ccc(C2c3[nH]c4ccc(Br)cc4c3CCN2C(=O)Oc2ccc(F)cc2)cc1. The van der Waals surface area contributed by atoms with E-state index in [0.29, 0.717) is 25.1 Å². The Morgan fingerprint density at radius 2 is 1.77 bits per heavy atom. The lowest BCUT2D eigenvalue weighted by molar-refractivity contribution is 0.0114. The van der Waals surface area contributed by atoms with E-state index in [1.54, 1.807) is 4.90 Å². The number of fused-ring (bicyclic) bond motifs is 3. The summed E-state index contributed by atoms with van der Waals surface area (Å²) in [5.74, 6) is 0.453. The van der Waals surface area contributed by atoms with Gasteiger partial charge in [-0.2, -0.15) is 0 Å². The molecular formula is C30H30BrFN2O5. The zero-order valence-corrected chi connectivity index (χ0v) is 23.1. The van der Waals surface area contributed by atoms with Gasteiger partial charge in [0.05, 0.1) is 25.2 Å². The standard InChI is InChI=1S/C30H30BrFN2O5/c1-2-30(16-35,17-36)18-38-22-8-3-19(4-9-22)28-27-24(25-15-20(31)5-12-26(25)33-27)13-14-34(28)29(37)39-23-10-6-21(32)7-11-23/h3-12,15,28,33,35-36H,2,13-14,16-18H2,1H3. The van der Waals surface area contributed by atoms with E-state index in [2.05, 4.69) is 27.0 Å². The van der Waals surface area contributed by atoms with Crippen LogP contribution in [-0.4, -0.2) is 52.6 Å². The number of amides is 1. The number of hydrogen-bond donors (Lipinski definition) is 3. The first-order chi connectivity index (χ1) is 18.9. The third-order valence-corrected chi connectivity index (χ3v) is 8.00. The number of aromatic nitrogens is 1. The molecule has 0 fully saturated rings. The minimum atomic E-state index is -0.712. The van der Waals surface area contributed by atoms with Gasteiger partial charge in [0.2, 0.25) is 0 Å². The summed E-state index contributed by atoms with van der Waals surface area (Å²) in [5, 5.41) is 20.5. The van der Waals surface area contributed by atoms with Gasteiger partial charge < -0.3 is 24.7 Å². The summed E-state index contributed by atoms with van der Waals surface area (Å²) in [6.07, 6.45) is 0.685. The van der Waals surface area contributed by atoms with Crippen molar-refractivity contribution in [1.82, 2.24) is 9.88 Å². The number of aliphatic hydroxyl groups is 2. The average Bonchev–Trinajstić information content (AvgIpc) is 3.33. The summed E-state index contributed by atoms with van der Waals surface area (Å²) in [5.41, 5.74) is 3.17. The second-order valence-corrected chi connectivity index (χ2v) is 10.8. The van der Waals surface area contributed by atoms with Gasteiger partial charge in [-0.3, -0.25) is 4.90 Å². The lowest BCUT2D eigenvalue weighted by Crippen LogP contribution is -2.42. The van der Waals surface area contributed by atoms with E-state index in [1.165, 1.54) is 24.3 Å². The molecule has 0 aliphatic carbocycles. The fourth-order valence-corrected chi connectivity index (χ4v) is 5.28. The van der Waals surface area contributed by atoms with Gasteiger partial charge in [0, 0.05) is 27.6 Å². The number of nitrogens with one attached hydrogen (secondary N) is 1. The predicted molar refractivity (Wildman–Crippen MR) is 150 cm³/mol. The normalized spacial score (nSPS) is 15.3. The van der Waals surface area contributed by atoms with Crippen molar-refractivity contribution in [1.29, 1.82) is 0 Å². The molecule has 1 aliphatic rings. The summed E-state index contributed by atoms with van der Waals surface area (Å²) in [6.45, 7) is 2.16. The fourth-order valence-electron chi connectivity index (χ4n) is 4.92. The first-order valence-corrected chi connectivity index (χ1v) is 13.6. The molecule has 0 saturated heterocycles. The highest BCUT2D eigenvalue weighted by Gasteiger charge is 2.36. The van der Waals surface area contributed by atoms with Crippen molar-refractivity contribution in [2.45, 2.75) is 25.8 Å². The summed E-state index contributed by atoms with van der Waals surface area (Å²) in [4.78, 5) is 18.6. The van der Waals surface area contributed by atoms with E-state index in [0.717, 1.165) is 32.2 Å². The lowest BCUT2D eigenvalue weighted by Gasteiger charge is -2.35. The predicted octanol–water partition coefficient (Wildman–Crippen LogP) is 5.98. The molecule has 204 valence electrons. The van der Waals surface area contributed by atoms with E-state index in [4.69, 9.17) is 9.47 Å². The molecular weight excluding hydrogens is 567 g/mol. The Labute approximate surface area is 234 Å². The van der Waals surface area contributed by atoms with Gasteiger partial charge in [-0.05, 0) is 78.6 Å². The van der Waals surface area contributed by atoms with Gasteiger partial charge >= 0.3 is 6.09 Å². The lowest BCUT2D eigenvalue weighted by atomic mass is 9.88. The maximum atomic E-state index is 13.4. The first-order valence-electron chi connectivity index (χ1n) is 12.8. The van der Waals surface area contributed by atoms with E-state index in [-0.39, 0.29) is 25.6 Å². The van der Waals surface area contributed by atoms with Gasteiger partial charge in [0.15, 0.2) is 0 Å². The van der Waals surface area contributed by atoms with Crippen LogP contribution in [-0.2, 0) is 6.42 Å². The molecule has 0 saturated carbocycles. The molecule has 0 radical (unpaired) electrons. The monoisotopic (exact) mass is 596 g/mol. The third kappa shape index (κ3) is 5.52. The second-order valence-electron chi connectivity index (χ2n) is 9.90. The van der Waals surface area contributed by atoms with E-state index in [1.807, 2.05) is 43.3 Å². The van der Waals surface area contributed by atoms with Crippen molar-refractivity contribution >= 4 is 32.9 Å². The zero-order valence-electron chi connectivity index (χ0n) is 21.5. The molecule has 1 aromatic heterocycles. The maximum absolute atomic E-state index is 13.4. The molecule has 1 unspecified atom stereocenters. The summed E-state index contributed by atoms with van der Waals surface area (Å²) < 4.78 is 25.9. The van der Waals surface area contributed by atoms with Crippen LogP contribution in [0.15, 0.2) is 71.2 Å². The average molecular weight is 597 g/mol. The van der Waals surface area contributed by atoms with E-state index in [9.17, 15) is 19.4 Å². The number of aliphatic hydroxyl groups excluding tert-OH is 2. The number of H-pyrrole nitrogens is 1. The van der Waals surface area contributed by atoms with Crippen LogP contribution in [0.4, 0.5) is 9.18 Å².